The SMILES string of the molecule is COC1CCN(S(=O)(=O)c2ccc(C#CCO)cc2)C1. The van der Waals surface area contributed by atoms with Crippen molar-refractivity contribution in [3.8, 4) is 11.8 Å². The average Bonchev–Trinajstić information content (AvgIpc) is 2.95. The van der Waals surface area contributed by atoms with Crippen LogP contribution in [0.4, 0.5) is 0 Å². The Bertz CT molecular complexity index is 613. The Hall–Kier alpha value is -1.39. The summed E-state index contributed by atoms with van der Waals surface area (Å²) in [7, 11) is -1.87. The molecule has 1 atom stereocenters. The first-order valence-electron chi connectivity index (χ1n) is 6.30. The molecule has 1 aliphatic rings. The van der Waals surface area contributed by atoms with Gasteiger partial charge in [-0.2, -0.15) is 4.31 Å². The van der Waals surface area contributed by atoms with Crippen LogP contribution < -0.4 is 0 Å². The molecule has 1 unspecified atom stereocenters. The normalized spacial score (nSPS) is 19.6. The Kier molecular flexibility index (Phi) is 4.78. The molecule has 1 aromatic carbocycles. The second kappa shape index (κ2) is 6.37. The summed E-state index contributed by atoms with van der Waals surface area (Å²) in [5.41, 5.74) is 0.675. The first kappa shape index (κ1) is 15.0. The fourth-order valence-electron chi connectivity index (χ4n) is 2.11. The van der Waals surface area contributed by atoms with E-state index in [1.807, 2.05) is 0 Å². The van der Waals surface area contributed by atoms with Crippen molar-refractivity contribution in [1.29, 1.82) is 0 Å². The number of methoxy groups -OCH3 is 1. The van der Waals surface area contributed by atoms with Gasteiger partial charge in [0, 0.05) is 25.8 Å². The molecule has 6 heteroatoms. The van der Waals surface area contributed by atoms with E-state index in [4.69, 9.17) is 9.84 Å². The van der Waals surface area contributed by atoms with E-state index < -0.39 is 10.0 Å². The number of nitrogens with zero attached hydrogens (tertiary/aromatic N) is 1. The topological polar surface area (TPSA) is 66.8 Å². The highest BCUT2D eigenvalue weighted by Crippen LogP contribution is 2.22. The molecule has 0 radical (unpaired) electrons. The number of aliphatic hydroxyl groups is 1. The fraction of sp³-hybridized carbons (Fsp3) is 0.429. The van der Waals surface area contributed by atoms with Crippen molar-refractivity contribution < 1.29 is 18.3 Å². The molecule has 0 spiro atoms. The zero-order valence-electron chi connectivity index (χ0n) is 11.2. The molecule has 5 nitrogen and oxygen atoms in total. The quantitative estimate of drug-likeness (QED) is 0.822. The smallest absolute Gasteiger partial charge is 0.243 e. The third-order valence-electron chi connectivity index (χ3n) is 3.24. The predicted octanol–water partition coefficient (Wildman–Crippen LogP) is 0.440. The molecule has 0 aromatic heterocycles. The summed E-state index contributed by atoms with van der Waals surface area (Å²) in [4.78, 5) is 0.254. The van der Waals surface area contributed by atoms with Gasteiger partial charge in [-0.25, -0.2) is 8.42 Å². The largest absolute Gasteiger partial charge is 0.384 e. The summed E-state index contributed by atoms with van der Waals surface area (Å²) >= 11 is 0. The Balaban J connectivity index is 2.18. The van der Waals surface area contributed by atoms with E-state index in [2.05, 4.69) is 11.8 Å². The molecule has 1 saturated heterocycles. The van der Waals surface area contributed by atoms with E-state index in [1.165, 1.54) is 16.4 Å². The maximum atomic E-state index is 12.4. The average molecular weight is 295 g/mol. The first-order chi connectivity index (χ1) is 9.57. The molecule has 0 bridgehead atoms. The van der Waals surface area contributed by atoms with E-state index >= 15 is 0 Å². The highest BCUT2D eigenvalue weighted by Gasteiger charge is 2.32. The van der Waals surface area contributed by atoms with Crippen LogP contribution in [-0.2, 0) is 14.8 Å². The van der Waals surface area contributed by atoms with Gasteiger partial charge < -0.3 is 9.84 Å². The lowest BCUT2D eigenvalue weighted by atomic mass is 10.2. The summed E-state index contributed by atoms with van der Waals surface area (Å²) in [6.07, 6.45) is 0.690. The Labute approximate surface area is 119 Å². The van der Waals surface area contributed by atoms with Crippen molar-refractivity contribution in [1.82, 2.24) is 4.31 Å². The Morgan fingerprint density at radius 3 is 2.65 bits per heavy atom. The number of sulfonamides is 1. The van der Waals surface area contributed by atoms with Crippen LogP contribution >= 0.6 is 0 Å². The summed E-state index contributed by atoms with van der Waals surface area (Å²) in [5, 5.41) is 8.62. The highest BCUT2D eigenvalue weighted by atomic mass is 32.2. The van der Waals surface area contributed by atoms with E-state index in [0.29, 0.717) is 18.7 Å². The van der Waals surface area contributed by atoms with Crippen LogP contribution in [0.3, 0.4) is 0 Å². The molecule has 0 saturated carbocycles. The Morgan fingerprint density at radius 2 is 2.10 bits per heavy atom. The van der Waals surface area contributed by atoms with Crippen LogP contribution in [-0.4, -0.2) is 50.7 Å². The molecule has 1 aromatic rings. The van der Waals surface area contributed by atoms with Gasteiger partial charge in [0.2, 0.25) is 10.0 Å². The monoisotopic (exact) mass is 295 g/mol. The number of benzene rings is 1. The van der Waals surface area contributed by atoms with Crippen LogP contribution in [0.1, 0.15) is 12.0 Å². The van der Waals surface area contributed by atoms with Gasteiger partial charge in [0.1, 0.15) is 6.61 Å². The van der Waals surface area contributed by atoms with Gasteiger partial charge in [-0.1, -0.05) is 11.8 Å². The molecule has 1 aliphatic heterocycles. The highest BCUT2D eigenvalue weighted by molar-refractivity contribution is 7.89. The van der Waals surface area contributed by atoms with Gasteiger partial charge in [0.15, 0.2) is 0 Å². The van der Waals surface area contributed by atoms with Gasteiger partial charge in [0.25, 0.3) is 0 Å². The third-order valence-corrected chi connectivity index (χ3v) is 5.12. The van der Waals surface area contributed by atoms with E-state index in [-0.39, 0.29) is 17.6 Å². The minimum atomic E-state index is -3.46. The molecule has 108 valence electrons. The number of hydrogen-bond acceptors (Lipinski definition) is 4. The fourth-order valence-corrected chi connectivity index (χ4v) is 3.60. The lowest BCUT2D eigenvalue weighted by Crippen LogP contribution is -2.30. The number of rotatable bonds is 3. The zero-order chi connectivity index (χ0) is 14.6. The number of ether oxygens (including phenoxy) is 1. The van der Waals surface area contributed by atoms with E-state index in [0.717, 1.165) is 6.42 Å². The molecule has 1 fully saturated rings. The van der Waals surface area contributed by atoms with Crippen molar-refractivity contribution in [3.63, 3.8) is 0 Å². The van der Waals surface area contributed by atoms with E-state index in [1.54, 1.807) is 19.2 Å². The van der Waals surface area contributed by atoms with Crippen LogP contribution in [0.2, 0.25) is 0 Å². The molecule has 0 amide bonds. The zero-order valence-corrected chi connectivity index (χ0v) is 12.1. The minimum absolute atomic E-state index is 0.0283. The van der Waals surface area contributed by atoms with Crippen molar-refractivity contribution >= 4 is 10.0 Å². The lowest BCUT2D eigenvalue weighted by Gasteiger charge is -2.16. The molecular weight excluding hydrogens is 278 g/mol. The van der Waals surface area contributed by atoms with Crippen molar-refractivity contribution in [2.24, 2.45) is 0 Å². The van der Waals surface area contributed by atoms with Gasteiger partial charge in [-0.3, -0.25) is 0 Å². The molecular formula is C14H17NO4S. The lowest BCUT2D eigenvalue weighted by molar-refractivity contribution is 0.115. The number of aliphatic hydroxyl groups excluding tert-OH is 1. The standard InChI is InChI=1S/C14H17NO4S/c1-19-13-8-9-15(11-13)20(17,18)14-6-4-12(5-7-14)3-2-10-16/h4-7,13,16H,8-11H2,1H3. The van der Waals surface area contributed by atoms with Gasteiger partial charge in [-0.15, -0.1) is 0 Å². The maximum absolute atomic E-state index is 12.4. The Morgan fingerprint density at radius 1 is 1.40 bits per heavy atom. The molecule has 0 aliphatic carbocycles. The van der Waals surface area contributed by atoms with E-state index in [9.17, 15) is 8.42 Å². The van der Waals surface area contributed by atoms with Gasteiger partial charge >= 0.3 is 0 Å². The molecule has 2 rings (SSSR count). The van der Waals surface area contributed by atoms with Crippen LogP contribution in [0, 0.1) is 11.8 Å². The van der Waals surface area contributed by atoms with Crippen molar-refractivity contribution in [2.75, 3.05) is 26.8 Å². The van der Waals surface area contributed by atoms with Gasteiger partial charge in [0.05, 0.1) is 11.0 Å². The van der Waals surface area contributed by atoms with Crippen molar-refractivity contribution in [2.45, 2.75) is 17.4 Å². The van der Waals surface area contributed by atoms with Crippen LogP contribution in [0.15, 0.2) is 29.2 Å². The maximum Gasteiger partial charge on any atom is 0.243 e. The first-order valence-corrected chi connectivity index (χ1v) is 7.74. The predicted molar refractivity (Wildman–Crippen MR) is 74.6 cm³/mol. The summed E-state index contributed by atoms with van der Waals surface area (Å²) < 4.78 is 31.5. The van der Waals surface area contributed by atoms with Crippen LogP contribution in [0.25, 0.3) is 0 Å². The third kappa shape index (κ3) is 3.19. The second-order valence-electron chi connectivity index (χ2n) is 4.49. The van der Waals surface area contributed by atoms with Crippen molar-refractivity contribution in [3.05, 3.63) is 29.8 Å². The molecule has 1 N–H and O–H groups in total. The number of hydrogen-bond donors (Lipinski definition) is 1. The second-order valence-corrected chi connectivity index (χ2v) is 6.43. The molecule has 20 heavy (non-hydrogen) atoms. The van der Waals surface area contributed by atoms with Gasteiger partial charge in [-0.05, 0) is 30.7 Å². The minimum Gasteiger partial charge on any atom is -0.384 e. The molecule has 1 heterocycles. The van der Waals surface area contributed by atoms with Crippen LogP contribution in [0.5, 0.6) is 0 Å². The summed E-state index contributed by atoms with van der Waals surface area (Å²) in [6, 6.07) is 6.35. The summed E-state index contributed by atoms with van der Waals surface area (Å²) in [6.45, 7) is 0.657. The summed E-state index contributed by atoms with van der Waals surface area (Å²) in [5.74, 6) is 5.25.